The van der Waals surface area contributed by atoms with E-state index in [-0.39, 0.29) is 5.41 Å². The zero-order chi connectivity index (χ0) is 37.2. The first kappa shape index (κ1) is 30.9. The number of hydrogen-bond donors (Lipinski definition) is 1. The Kier molecular flexibility index (Phi) is 6.13. The van der Waals surface area contributed by atoms with Gasteiger partial charge in [-0.25, -0.2) is 0 Å². The largest absolute Gasteiger partial charge is 0.355 e. The number of hydrogen-bond acceptors (Lipinski definition) is 0. The average molecular weight is 723 g/mol. The van der Waals surface area contributed by atoms with E-state index in [0.29, 0.717) is 0 Å². The summed E-state index contributed by atoms with van der Waals surface area (Å²) in [4.78, 5) is 3.71. The second kappa shape index (κ2) is 11.3. The van der Waals surface area contributed by atoms with Gasteiger partial charge in [-0.3, -0.25) is 0 Å². The molecule has 264 valence electrons. The van der Waals surface area contributed by atoms with Crippen LogP contribution < -0.4 is 0 Å². The molecular weight excluding hydrogens is 689 g/mol. The summed E-state index contributed by atoms with van der Waals surface area (Å²) in [7, 11) is 0. The minimum atomic E-state index is -0.355. The van der Waals surface area contributed by atoms with Crippen molar-refractivity contribution in [3.63, 3.8) is 0 Å². The molecule has 13 rings (SSSR count). The lowest BCUT2D eigenvalue weighted by atomic mass is 9.70. The van der Waals surface area contributed by atoms with Crippen molar-refractivity contribution in [2.75, 3.05) is 0 Å². The number of benzene rings is 9. The Morgan fingerprint density at radius 1 is 0.316 bits per heavy atom. The molecule has 0 saturated carbocycles. The third-order valence-corrected chi connectivity index (χ3v) is 13.0. The number of aromatic nitrogens is 2. The van der Waals surface area contributed by atoms with E-state index in [1.54, 1.807) is 0 Å². The Balaban J connectivity index is 0.929. The van der Waals surface area contributed by atoms with Gasteiger partial charge in [-0.1, -0.05) is 146 Å². The molecule has 2 aliphatic rings. The number of fused-ring (bicyclic) bond motifs is 16. The van der Waals surface area contributed by atoms with E-state index in [9.17, 15) is 0 Å². The second-order valence-corrected chi connectivity index (χ2v) is 15.7. The van der Waals surface area contributed by atoms with Crippen LogP contribution in [-0.4, -0.2) is 9.55 Å². The van der Waals surface area contributed by atoms with Crippen LogP contribution in [0.4, 0.5) is 0 Å². The molecule has 0 radical (unpaired) electrons. The number of H-pyrrole nitrogens is 1. The monoisotopic (exact) mass is 722 g/mol. The van der Waals surface area contributed by atoms with Gasteiger partial charge in [-0.05, 0) is 121 Å². The van der Waals surface area contributed by atoms with E-state index in [1.165, 1.54) is 99.3 Å². The average Bonchev–Trinajstić information content (AvgIpc) is 3.99. The molecule has 0 fully saturated rings. The Morgan fingerprint density at radius 2 is 0.737 bits per heavy atom. The maximum absolute atomic E-state index is 3.71. The zero-order valence-corrected chi connectivity index (χ0v) is 31.0. The van der Waals surface area contributed by atoms with Crippen LogP contribution in [0.25, 0.3) is 93.8 Å². The van der Waals surface area contributed by atoms with Gasteiger partial charge < -0.3 is 9.55 Å². The van der Waals surface area contributed by atoms with Gasteiger partial charge in [0.2, 0.25) is 0 Å². The lowest BCUT2D eigenvalue weighted by Crippen LogP contribution is -2.25. The molecule has 11 aromatic rings. The number of aromatic amines is 1. The minimum Gasteiger partial charge on any atom is -0.355 e. The molecular formula is C55H34N2. The number of nitrogens with one attached hydrogen (secondary N) is 1. The summed E-state index contributed by atoms with van der Waals surface area (Å²) in [5.41, 5.74) is 21.2. The lowest BCUT2D eigenvalue weighted by Gasteiger charge is -2.30. The molecule has 0 unspecified atom stereocenters. The third kappa shape index (κ3) is 4.09. The Morgan fingerprint density at radius 3 is 1.30 bits per heavy atom. The van der Waals surface area contributed by atoms with Crippen LogP contribution in [0.2, 0.25) is 0 Å². The van der Waals surface area contributed by atoms with E-state index >= 15 is 0 Å². The van der Waals surface area contributed by atoms with E-state index in [0.717, 1.165) is 16.7 Å². The van der Waals surface area contributed by atoms with Crippen LogP contribution in [0, 0.1) is 0 Å². The molecule has 0 aliphatic heterocycles. The summed E-state index contributed by atoms with van der Waals surface area (Å²) in [6, 6.07) is 74.4. The van der Waals surface area contributed by atoms with Gasteiger partial charge in [0.05, 0.1) is 16.4 Å². The molecule has 0 saturated heterocycles. The summed E-state index contributed by atoms with van der Waals surface area (Å²) < 4.78 is 2.38. The maximum atomic E-state index is 3.71. The van der Waals surface area contributed by atoms with Crippen LogP contribution in [0.5, 0.6) is 0 Å². The highest BCUT2D eigenvalue weighted by atomic mass is 15.0. The predicted molar refractivity (Wildman–Crippen MR) is 237 cm³/mol. The topological polar surface area (TPSA) is 20.7 Å². The summed E-state index contributed by atoms with van der Waals surface area (Å²) in [5.74, 6) is 0. The highest BCUT2D eigenvalue weighted by Crippen LogP contribution is 2.63. The quantitative estimate of drug-likeness (QED) is 0.187. The summed E-state index contributed by atoms with van der Waals surface area (Å²) in [6.07, 6.45) is 0. The van der Waals surface area contributed by atoms with Gasteiger partial charge in [0, 0.05) is 38.3 Å². The van der Waals surface area contributed by atoms with Crippen molar-refractivity contribution in [1.82, 2.24) is 9.55 Å². The standard InChI is InChI=1S/C55H34N2/c1-6-16-47-39(11-1)40-12-2-7-17-48(40)55(47)49-18-8-3-13-41(49)42-28-23-37(33-50(42)55)36-25-30-52-46(32-36)45-31-35(24-29-51(45)56-52)34-21-26-38(27-22-34)57-53-19-9-4-14-43(53)44-15-5-10-20-54(44)57/h1-33,56H. The van der Waals surface area contributed by atoms with Crippen molar-refractivity contribution < 1.29 is 0 Å². The molecule has 0 amide bonds. The molecule has 2 heterocycles. The minimum absolute atomic E-state index is 0.355. The molecule has 2 aromatic heterocycles. The van der Waals surface area contributed by atoms with Crippen LogP contribution in [0.1, 0.15) is 22.3 Å². The number of nitrogens with zero attached hydrogens (tertiary/aromatic N) is 1. The van der Waals surface area contributed by atoms with Crippen molar-refractivity contribution in [3.8, 4) is 50.2 Å². The lowest BCUT2D eigenvalue weighted by molar-refractivity contribution is 0.794. The number of para-hydroxylation sites is 2. The first-order valence-electron chi connectivity index (χ1n) is 19.8. The summed E-state index contributed by atoms with van der Waals surface area (Å²) in [5, 5.41) is 5.03. The van der Waals surface area contributed by atoms with Gasteiger partial charge in [0.15, 0.2) is 0 Å². The highest BCUT2D eigenvalue weighted by Gasteiger charge is 2.51. The fraction of sp³-hybridized carbons (Fsp3) is 0.0182. The molecule has 2 aliphatic carbocycles. The maximum Gasteiger partial charge on any atom is 0.0725 e. The molecule has 2 heteroatoms. The predicted octanol–water partition coefficient (Wildman–Crippen LogP) is 14.1. The van der Waals surface area contributed by atoms with Crippen molar-refractivity contribution in [3.05, 3.63) is 222 Å². The third-order valence-electron chi connectivity index (χ3n) is 13.0. The van der Waals surface area contributed by atoms with Crippen molar-refractivity contribution in [2.45, 2.75) is 5.41 Å². The smallest absolute Gasteiger partial charge is 0.0725 e. The molecule has 0 bridgehead atoms. The van der Waals surface area contributed by atoms with E-state index in [2.05, 4.69) is 210 Å². The van der Waals surface area contributed by atoms with Gasteiger partial charge >= 0.3 is 0 Å². The first-order chi connectivity index (χ1) is 28.3. The Hall–Kier alpha value is -7.42. The summed E-state index contributed by atoms with van der Waals surface area (Å²) in [6.45, 7) is 0. The van der Waals surface area contributed by atoms with Crippen LogP contribution in [0.3, 0.4) is 0 Å². The number of rotatable bonds is 3. The molecule has 1 N–H and O–H groups in total. The fourth-order valence-electron chi connectivity index (χ4n) is 10.5. The van der Waals surface area contributed by atoms with Gasteiger partial charge in [0.25, 0.3) is 0 Å². The van der Waals surface area contributed by atoms with Crippen molar-refractivity contribution in [1.29, 1.82) is 0 Å². The van der Waals surface area contributed by atoms with Crippen LogP contribution >= 0.6 is 0 Å². The van der Waals surface area contributed by atoms with E-state index < -0.39 is 0 Å². The Bertz CT molecular complexity index is 3350. The van der Waals surface area contributed by atoms with Crippen LogP contribution in [-0.2, 0) is 5.41 Å². The second-order valence-electron chi connectivity index (χ2n) is 15.7. The van der Waals surface area contributed by atoms with Crippen molar-refractivity contribution in [2.24, 2.45) is 0 Å². The van der Waals surface area contributed by atoms with E-state index in [4.69, 9.17) is 0 Å². The van der Waals surface area contributed by atoms with Crippen molar-refractivity contribution >= 4 is 43.6 Å². The normalized spacial score (nSPS) is 13.4. The first-order valence-corrected chi connectivity index (χ1v) is 19.8. The molecule has 1 spiro atoms. The Labute approximate surface area is 329 Å². The fourth-order valence-corrected chi connectivity index (χ4v) is 10.5. The molecule has 0 atom stereocenters. The van der Waals surface area contributed by atoms with Crippen LogP contribution in [0.15, 0.2) is 200 Å². The highest BCUT2D eigenvalue weighted by molar-refractivity contribution is 6.11. The molecule has 9 aromatic carbocycles. The zero-order valence-electron chi connectivity index (χ0n) is 31.0. The van der Waals surface area contributed by atoms with Gasteiger partial charge in [0.1, 0.15) is 0 Å². The summed E-state index contributed by atoms with van der Waals surface area (Å²) >= 11 is 0. The van der Waals surface area contributed by atoms with Gasteiger partial charge in [-0.15, -0.1) is 0 Å². The SMILES string of the molecule is c1ccc2c(c1)-c1ccccc1C21c2ccccc2-c2ccc(-c3ccc4[nH]c5ccc(-c6ccc(-n7c8ccccc8c8ccccc87)cc6)cc5c4c3)cc21. The molecule has 2 nitrogen and oxygen atoms in total. The van der Waals surface area contributed by atoms with Gasteiger partial charge in [-0.2, -0.15) is 0 Å². The van der Waals surface area contributed by atoms with E-state index in [1.807, 2.05) is 0 Å². The molecule has 57 heavy (non-hydrogen) atoms.